The average Bonchev–Trinajstić information content (AvgIpc) is 3.12. The first-order chi connectivity index (χ1) is 13.2. The molecule has 4 heterocycles. The fourth-order valence-electron chi connectivity index (χ4n) is 3.30. The van der Waals surface area contributed by atoms with Crippen LogP contribution in [0, 0.1) is 0 Å². The summed E-state index contributed by atoms with van der Waals surface area (Å²) in [4.78, 5) is 16.8. The standard InChI is InChI=1S/C13H9N7.C6H13N/c14-13-18-7-11-9(1-4-20(11)19-13)8-5-10-12(17-6-8)16-3-2-15-10;7-6-4-2-1-3-5-6/h1-7H,(H2,14,19);6H,1-5,7H2. The van der Waals surface area contributed by atoms with Crippen LogP contribution in [-0.2, 0) is 0 Å². The van der Waals surface area contributed by atoms with Gasteiger partial charge in [0.25, 0.3) is 0 Å². The summed E-state index contributed by atoms with van der Waals surface area (Å²) in [7, 11) is 0. The fourth-order valence-corrected chi connectivity index (χ4v) is 3.30. The van der Waals surface area contributed by atoms with Gasteiger partial charge in [0.2, 0.25) is 5.95 Å². The lowest BCUT2D eigenvalue weighted by atomic mass is 9.97. The second-order valence-electron chi connectivity index (χ2n) is 6.70. The van der Waals surface area contributed by atoms with Crippen LogP contribution in [0.2, 0.25) is 0 Å². The van der Waals surface area contributed by atoms with Crippen LogP contribution in [0.1, 0.15) is 32.1 Å². The highest BCUT2D eigenvalue weighted by Gasteiger charge is 2.09. The number of hydrogen-bond donors (Lipinski definition) is 2. The predicted molar refractivity (Wildman–Crippen MR) is 105 cm³/mol. The first kappa shape index (κ1) is 17.3. The van der Waals surface area contributed by atoms with Gasteiger partial charge in [-0.25, -0.2) is 19.5 Å². The minimum Gasteiger partial charge on any atom is -0.367 e. The van der Waals surface area contributed by atoms with E-state index in [0.717, 1.165) is 22.2 Å². The Labute approximate surface area is 156 Å². The van der Waals surface area contributed by atoms with Gasteiger partial charge in [0.05, 0.1) is 11.7 Å². The number of pyridine rings is 1. The number of rotatable bonds is 1. The van der Waals surface area contributed by atoms with E-state index < -0.39 is 0 Å². The van der Waals surface area contributed by atoms with E-state index in [9.17, 15) is 0 Å². The van der Waals surface area contributed by atoms with E-state index in [2.05, 4.69) is 25.0 Å². The number of hydrogen-bond acceptors (Lipinski definition) is 7. The first-order valence-corrected chi connectivity index (χ1v) is 9.13. The third-order valence-electron chi connectivity index (χ3n) is 4.72. The Bertz CT molecular complexity index is 1050. The zero-order chi connectivity index (χ0) is 18.6. The van der Waals surface area contributed by atoms with Crippen molar-refractivity contribution < 1.29 is 0 Å². The van der Waals surface area contributed by atoms with Gasteiger partial charge in [-0.15, -0.1) is 5.10 Å². The molecule has 0 spiro atoms. The molecule has 0 bridgehead atoms. The van der Waals surface area contributed by atoms with Crippen LogP contribution in [0.4, 0.5) is 5.95 Å². The molecule has 0 aliphatic heterocycles. The molecule has 138 valence electrons. The van der Waals surface area contributed by atoms with Crippen LogP contribution >= 0.6 is 0 Å². The molecule has 0 saturated heterocycles. The molecule has 4 aromatic heterocycles. The molecule has 1 aliphatic carbocycles. The Balaban J connectivity index is 0.000000218. The van der Waals surface area contributed by atoms with Crippen molar-refractivity contribution in [2.45, 2.75) is 38.1 Å². The fraction of sp³-hybridized carbons (Fsp3) is 0.316. The van der Waals surface area contributed by atoms with Crippen LogP contribution in [0.5, 0.6) is 0 Å². The van der Waals surface area contributed by atoms with Crippen LogP contribution in [0.15, 0.2) is 43.1 Å². The van der Waals surface area contributed by atoms with E-state index in [1.165, 1.54) is 32.1 Å². The molecule has 5 rings (SSSR count). The number of nitrogen functional groups attached to an aromatic ring is 1. The van der Waals surface area contributed by atoms with E-state index in [-0.39, 0.29) is 5.95 Å². The van der Waals surface area contributed by atoms with E-state index in [1.807, 2.05) is 18.3 Å². The van der Waals surface area contributed by atoms with Gasteiger partial charge in [-0.1, -0.05) is 19.3 Å². The quantitative estimate of drug-likeness (QED) is 0.534. The summed E-state index contributed by atoms with van der Waals surface area (Å²) in [6.07, 6.45) is 15.2. The largest absolute Gasteiger partial charge is 0.367 e. The van der Waals surface area contributed by atoms with E-state index in [4.69, 9.17) is 11.5 Å². The van der Waals surface area contributed by atoms with Gasteiger partial charge in [0.15, 0.2) is 5.65 Å². The number of nitrogens with two attached hydrogens (primary N) is 2. The lowest BCUT2D eigenvalue weighted by Crippen LogP contribution is -2.22. The monoisotopic (exact) mass is 362 g/mol. The average molecular weight is 362 g/mol. The highest BCUT2D eigenvalue weighted by molar-refractivity contribution is 5.84. The van der Waals surface area contributed by atoms with Gasteiger partial charge < -0.3 is 11.5 Å². The Morgan fingerprint density at radius 3 is 2.56 bits per heavy atom. The first-order valence-electron chi connectivity index (χ1n) is 9.13. The third-order valence-corrected chi connectivity index (χ3v) is 4.72. The normalized spacial score (nSPS) is 14.9. The maximum Gasteiger partial charge on any atom is 0.238 e. The zero-order valence-corrected chi connectivity index (χ0v) is 15.0. The van der Waals surface area contributed by atoms with E-state index >= 15 is 0 Å². The number of fused-ring (bicyclic) bond motifs is 2. The van der Waals surface area contributed by atoms with Crippen LogP contribution in [-0.4, -0.2) is 35.6 Å². The summed E-state index contributed by atoms with van der Waals surface area (Å²) >= 11 is 0. The molecule has 1 saturated carbocycles. The van der Waals surface area contributed by atoms with Crippen LogP contribution in [0.3, 0.4) is 0 Å². The Morgan fingerprint density at radius 2 is 1.78 bits per heavy atom. The molecule has 8 heteroatoms. The third kappa shape index (κ3) is 3.85. The minimum atomic E-state index is 0.238. The van der Waals surface area contributed by atoms with Crippen molar-refractivity contribution in [3.8, 4) is 11.1 Å². The highest BCUT2D eigenvalue weighted by Crippen LogP contribution is 2.25. The van der Waals surface area contributed by atoms with Crippen molar-refractivity contribution in [2.75, 3.05) is 5.73 Å². The summed E-state index contributed by atoms with van der Waals surface area (Å²) < 4.78 is 1.69. The Hall–Kier alpha value is -3.13. The van der Waals surface area contributed by atoms with Crippen molar-refractivity contribution >= 4 is 22.6 Å². The smallest absolute Gasteiger partial charge is 0.238 e. The maximum absolute atomic E-state index is 5.63. The highest BCUT2D eigenvalue weighted by atomic mass is 15.3. The molecule has 0 unspecified atom stereocenters. The van der Waals surface area contributed by atoms with E-state index in [0.29, 0.717) is 11.7 Å². The van der Waals surface area contributed by atoms with Crippen LogP contribution < -0.4 is 11.5 Å². The molecular weight excluding hydrogens is 340 g/mol. The molecule has 0 atom stereocenters. The molecule has 27 heavy (non-hydrogen) atoms. The van der Waals surface area contributed by atoms with Gasteiger partial charge >= 0.3 is 0 Å². The van der Waals surface area contributed by atoms with Crippen molar-refractivity contribution in [1.82, 2.24) is 29.5 Å². The Kier molecular flexibility index (Phi) is 4.88. The summed E-state index contributed by atoms with van der Waals surface area (Å²) in [6.45, 7) is 0. The molecule has 0 radical (unpaired) electrons. The zero-order valence-electron chi connectivity index (χ0n) is 15.0. The molecule has 0 aromatic carbocycles. The van der Waals surface area contributed by atoms with Crippen molar-refractivity contribution in [2.24, 2.45) is 5.73 Å². The van der Waals surface area contributed by atoms with Crippen LogP contribution in [0.25, 0.3) is 27.8 Å². The van der Waals surface area contributed by atoms with Crippen molar-refractivity contribution in [3.63, 3.8) is 0 Å². The van der Waals surface area contributed by atoms with Gasteiger partial charge in [-0.2, -0.15) is 0 Å². The molecule has 1 fully saturated rings. The van der Waals surface area contributed by atoms with Crippen molar-refractivity contribution in [3.05, 3.63) is 43.1 Å². The topological polar surface area (TPSA) is 121 Å². The van der Waals surface area contributed by atoms with Gasteiger partial charge in [-0.3, -0.25) is 4.98 Å². The summed E-state index contributed by atoms with van der Waals surface area (Å²) in [5.41, 5.74) is 15.4. The van der Waals surface area contributed by atoms with Crippen molar-refractivity contribution in [1.29, 1.82) is 0 Å². The number of aromatic nitrogens is 6. The molecule has 8 nitrogen and oxygen atoms in total. The SMILES string of the molecule is NC1CCCCC1.Nc1ncc2c(-c3cnc4nccnc4c3)ccn2n1. The molecule has 4 N–H and O–H groups in total. The van der Waals surface area contributed by atoms with Gasteiger partial charge in [-0.05, 0) is 25.0 Å². The summed E-state index contributed by atoms with van der Waals surface area (Å²) in [5, 5.41) is 4.12. The van der Waals surface area contributed by atoms with E-state index in [1.54, 1.807) is 29.3 Å². The summed E-state index contributed by atoms with van der Waals surface area (Å²) in [5.74, 6) is 0.238. The second-order valence-corrected chi connectivity index (χ2v) is 6.70. The minimum absolute atomic E-state index is 0.238. The molecule has 4 aromatic rings. The lowest BCUT2D eigenvalue weighted by Gasteiger charge is -2.15. The predicted octanol–water partition coefficient (Wildman–Crippen LogP) is 2.59. The molecule has 0 amide bonds. The Morgan fingerprint density at radius 1 is 0.963 bits per heavy atom. The summed E-state index contributed by atoms with van der Waals surface area (Å²) in [6, 6.07) is 4.43. The second kappa shape index (κ2) is 7.63. The number of anilines is 1. The lowest BCUT2D eigenvalue weighted by molar-refractivity contribution is 0.441. The van der Waals surface area contributed by atoms with Gasteiger partial charge in [0, 0.05) is 42.0 Å². The molecule has 1 aliphatic rings. The maximum atomic E-state index is 5.63. The molecular formula is C19H22N8. The number of nitrogens with zero attached hydrogens (tertiary/aromatic N) is 6. The van der Waals surface area contributed by atoms with Gasteiger partial charge in [0.1, 0.15) is 5.52 Å².